The molecule has 1 amide bonds. The molecule has 12 heteroatoms. The first kappa shape index (κ1) is 26.1. The molecule has 2 aromatic carbocycles. The second-order valence-corrected chi connectivity index (χ2v) is 11.9. The highest BCUT2D eigenvalue weighted by Crippen LogP contribution is 2.27. The number of piperidine rings is 1. The van der Waals surface area contributed by atoms with Gasteiger partial charge in [-0.1, -0.05) is 18.6 Å². The SMILES string of the molecule is COc1ccc(F)cc1S(=O)(=O)N(C)CC(=O)NCc1ccc(S(=O)(=O)N2CCCCC2)cc1. The van der Waals surface area contributed by atoms with Crippen LogP contribution in [0.2, 0.25) is 0 Å². The number of ether oxygens (including phenoxy) is 1. The van der Waals surface area contributed by atoms with E-state index in [1.54, 1.807) is 12.1 Å². The molecule has 0 unspecified atom stereocenters. The average molecular weight is 514 g/mol. The maximum absolute atomic E-state index is 13.6. The van der Waals surface area contributed by atoms with Crippen molar-refractivity contribution in [2.45, 2.75) is 35.6 Å². The molecule has 0 spiro atoms. The Morgan fingerprint density at radius 3 is 2.32 bits per heavy atom. The largest absolute Gasteiger partial charge is 0.495 e. The zero-order chi connectivity index (χ0) is 24.9. The third kappa shape index (κ3) is 5.93. The van der Waals surface area contributed by atoms with Gasteiger partial charge in [0.2, 0.25) is 26.0 Å². The van der Waals surface area contributed by atoms with Gasteiger partial charge in [-0.05, 0) is 48.7 Å². The van der Waals surface area contributed by atoms with E-state index in [0.717, 1.165) is 35.7 Å². The molecule has 9 nitrogen and oxygen atoms in total. The maximum atomic E-state index is 13.6. The van der Waals surface area contributed by atoms with Crippen LogP contribution < -0.4 is 10.1 Å². The Balaban J connectivity index is 1.60. The average Bonchev–Trinajstić information content (AvgIpc) is 2.83. The lowest BCUT2D eigenvalue weighted by atomic mass is 10.2. The van der Waals surface area contributed by atoms with Crippen LogP contribution in [-0.4, -0.2) is 65.1 Å². The zero-order valence-electron chi connectivity index (χ0n) is 19.0. The van der Waals surface area contributed by atoms with Gasteiger partial charge in [0.05, 0.1) is 18.6 Å². The molecule has 1 fully saturated rings. The van der Waals surface area contributed by atoms with Crippen LogP contribution in [-0.2, 0) is 31.4 Å². The molecule has 0 bridgehead atoms. The number of carbonyl (C=O) groups is 1. The molecule has 0 radical (unpaired) electrons. The summed E-state index contributed by atoms with van der Waals surface area (Å²) < 4.78 is 71.9. The van der Waals surface area contributed by atoms with E-state index in [1.807, 2.05) is 0 Å². The lowest BCUT2D eigenvalue weighted by Crippen LogP contribution is -2.38. The standard InChI is InChI=1S/C22H28FN3O6S2/c1-25(34(30,31)21-14-18(23)8-11-20(21)32-2)16-22(27)24-15-17-6-9-19(10-7-17)33(28,29)26-12-4-3-5-13-26/h6-11,14H,3-5,12-13,15-16H2,1-2H3,(H,24,27). The van der Waals surface area contributed by atoms with Crippen molar-refractivity contribution >= 4 is 26.0 Å². The van der Waals surface area contributed by atoms with Gasteiger partial charge < -0.3 is 10.1 Å². The van der Waals surface area contributed by atoms with Crippen LogP contribution >= 0.6 is 0 Å². The molecule has 186 valence electrons. The Hall–Kier alpha value is -2.54. The first-order valence-electron chi connectivity index (χ1n) is 10.7. The number of benzene rings is 2. The molecule has 0 atom stereocenters. The van der Waals surface area contributed by atoms with Crippen molar-refractivity contribution < 1.29 is 30.8 Å². The third-order valence-electron chi connectivity index (χ3n) is 5.55. The molecule has 2 aromatic rings. The summed E-state index contributed by atoms with van der Waals surface area (Å²) in [7, 11) is -5.25. The number of likely N-dealkylation sites (N-methyl/N-ethyl adjacent to an activating group) is 1. The van der Waals surface area contributed by atoms with Crippen LogP contribution in [0.3, 0.4) is 0 Å². The lowest BCUT2D eigenvalue weighted by molar-refractivity contribution is -0.121. The minimum absolute atomic E-state index is 0.0340. The van der Waals surface area contributed by atoms with E-state index in [2.05, 4.69) is 5.32 Å². The Morgan fingerprint density at radius 2 is 1.71 bits per heavy atom. The second kappa shape index (κ2) is 10.8. The summed E-state index contributed by atoms with van der Waals surface area (Å²) in [5, 5.41) is 2.60. The second-order valence-electron chi connectivity index (χ2n) is 7.94. The van der Waals surface area contributed by atoms with Crippen LogP contribution in [0.4, 0.5) is 4.39 Å². The molecule has 0 saturated carbocycles. The van der Waals surface area contributed by atoms with Crippen LogP contribution in [0, 0.1) is 5.82 Å². The number of rotatable bonds is 9. The molecule has 0 aliphatic carbocycles. The Morgan fingerprint density at radius 1 is 1.06 bits per heavy atom. The summed E-state index contributed by atoms with van der Waals surface area (Å²) in [4.78, 5) is 12.1. The minimum atomic E-state index is -4.18. The van der Waals surface area contributed by atoms with Crippen molar-refractivity contribution in [1.29, 1.82) is 0 Å². The van der Waals surface area contributed by atoms with E-state index in [0.29, 0.717) is 18.7 Å². The predicted molar refractivity (Wildman–Crippen MR) is 124 cm³/mol. The fraction of sp³-hybridized carbons (Fsp3) is 0.409. The van der Waals surface area contributed by atoms with E-state index < -0.39 is 38.3 Å². The molecule has 34 heavy (non-hydrogen) atoms. The van der Waals surface area contributed by atoms with Gasteiger partial charge in [-0.15, -0.1) is 0 Å². The molecule has 1 saturated heterocycles. The summed E-state index contributed by atoms with van der Waals surface area (Å²) in [6.07, 6.45) is 2.72. The smallest absolute Gasteiger partial charge is 0.247 e. The minimum Gasteiger partial charge on any atom is -0.495 e. The summed E-state index contributed by atoms with van der Waals surface area (Å²) in [5.74, 6) is -1.36. The molecule has 1 heterocycles. The number of sulfonamides is 2. The van der Waals surface area contributed by atoms with Gasteiger partial charge >= 0.3 is 0 Å². The van der Waals surface area contributed by atoms with Crippen LogP contribution in [0.5, 0.6) is 5.75 Å². The van der Waals surface area contributed by atoms with E-state index >= 15 is 0 Å². The molecule has 3 rings (SSSR count). The number of hydrogen-bond acceptors (Lipinski definition) is 6. The van der Waals surface area contributed by atoms with Gasteiger partial charge in [0, 0.05) is 26.7 Å². The number of halogens is 1. The van der Waals surface area contributed by atoms with Crippen molar-refractivity contribution in [3.05, 3.63) is 53.8 Å². The number of carbonyl (C=O) groups excluding carboxylic acids is 1. The fourth-order valence-electron chi connectivity index (χ4n) is 3.60. The Kier molecular flexibility index (Phi) is 8.29. The predicted octanol–water partition coefficient (Wildman–Crippen LogP) is 1.95. The van der Waals surface area contributed by atoms with Crippen molar-refractivity contribution in [3.63, 3.8) is 0 Å². The van der Waals surface area contributed by atoms with E-state index in [-0.39, 0.29) is 22.1 Å². The Bertz CT molecular complexity index is 1230. The molecule has 1 aliphatic rings. The van der Waals surface area contributed by atoms with Gasteiger partial charge in [-0.25, -0.2) is 21.2 Å². The van der Waals surface area contributed by atoms with Gasteiger partial charge in [0.25, 0.3) is 0 Å². The maximum Gasteiger partial charge on any atom is 0.247 e. The topological polar surface area (TPSA) is 113 Å². The van der Waals surface area contributed by atoms with Crippen molar-refractivity contribution in [1.82, 2.24) is 13.9 Å². The highest BCUT2D eigenvalue weighted by Gasteiger charge is 2.28. The molecule has 1 aliphatic heterocycles. The Labute approximate surface area is 199 Å². The number of nitrogens with one attached hydrogen (secondary N) is 1. The van der Waals surface area contributed by atoms with Gasteiger partial charge in [-0.3, -0.25) is 4.79 Å². The normalized spacial score (nSPS) is 15.3. The first-order chi connectivity index (χ1) is 16.1. The van der Waals surface area contributed by atoms with Crippen LogP contribution in [0.1, 0.15) is 24.8 Å². The van der Waals surface area contributed by atoms with Gasteiger partial charge in [0.15, 0.2) is 0 Å². The molecular formula is C22H28FN3O6S2. The number of amides is 1. The quantitative estimate of drug-likeness (QED) is 0.548. The van der Waals surface area contributed by atoms with Gasteiger partial charge in [-0.2, -0.15) is 8.61 Å². The van der Waals surface area contributed by atoms with Gasteiger partial charge in [0.1, 0.15) is 16.5 Å². The summed E-state index contributed by atoms with van der Waals surface area (Å²) >= 11 is 0. The fourth-order valence-corrected chi connectivity index (χ4v) is 6.40. The van der Waals surface area contributed by atoms with Crippen LogP contribution in [0.25, 0.3) is 0 Å². The summed E-state index contributed by atoms with van der Waals surface area (Å²) in [6, 6.07) is 9.32. The monoisotopic (exact) mass is 513 g/mol. The highest BCUT2D eigenvalue weighted by molar-refractivity contribution is 7.89. The van der Waals surface area contributed by atoms with Crippen molar-refractivity contribution in [2.75, 3.05) is 33.8 Å². The lowest BCUT2D eigenvalue weighted by Gasteiger charge is -2.25. The van der Waals surface area contributed by atoms with Crippen molar-refractivity contribution in [3.8, 4) is 5.75 Å². The van der Waals surface area contributed by atoms with E-state index in [4.69, 9.17) is 4.74 Å². The zero-order valence-corrected chi connectivity index (χ0v) is 20.7. The molecule has 0 aromatic heterocycles. The molecular weight excluding hydrogens is 485 g/mol. The van der Waals surface area contributed by atoms with E-state index in [1.165, 1.54) is 36.7 Å². The number of nitrogens with zero attached hydrogens (tertiary/aromatic N) is 2. The number of hydrogen-bond donors (Lipinski definition) is 1. The highest BCUT2D eigenvalue weighted by atomic mass is 32.2. The van der Waals surface area contributed by atoms with Crippen molar-refractivity contribution in [2.24, 2.45) is 0 Å². The third-order valence-corrected chi connectivity index (χ3v) is 9.28. The van der Waals surface area contributed by atoms with Crippen LogP contribution in [0.15, 0.2) is 52.3 Å². The summed E-state index contributed by atoms with van der Waals surface area (Å²) in [6.45, 7) is 0.611. The number of methoxy groups -OCH3 is 1. The first-order valence-corrected chi connectivity index (χ1v) is 13.6. The summed E-state index contributed by atoms with van der Waals surface area (Å²) in [5.41, 5.74) is 0.656. The molecule has 1 N–H and O–H groups in total. The van der Waals surface area contributed by atoms with E-state index in [9.17, 15) is 26.0 Å².